The zero-order chi connectivity index (χ0) is 18.4. The largest absolute Gasteiger partial charge is 0.344 e. The van der Waals surface area contributed by atoms with Gasteiger partial charge >= 0.3 is 0 Å². The molecule has 0 spiro atoms. The van der Waals surface area contributed by atoms with E-state index in [0.717, 1.165) is 12.8 Å². The molecule has 0 aliphatic heterocycles. The Bertz CT molecular complexity index is 1070. The fourth-order valence-corrected chi connectivity index (χ4v) is 4.82. The molecule has 0 saturated heterocycles. The molecule has 5 nitrogen and oxygen atoms in total. The molecular weight excluding hydrogens is 346 g/mol. The van der Waals surface area contributed by atoms with E-state index >= 15 is 0 Å². The van der Waals surface area contributed by atoms with Crippen LogP contribution in [0.15, 0.2) is 35.4 Å². The van der Waals surface area contributed by atoms with E-state index in [1.54, 1.807) is 7.05 Å². The lowest BCUT2D eigenvalue weighted by Gasteiger charge is -2.32. The molecule has 0 fully saturated rings. The second-order valence-electron chi connectivity index (χ2n) is 7.06. The molecule has 4 rings (SSSR count). The maximum absolute atomic E-state index is 13.0. The molecule has 1 aliphatic carbocycles. The molecule has 2 atom stereocenters. The first-order valence-electron chi connectivity index (χ1n) is 8.80. The summed E-state index contributed by atoms with van der Waals surface area (Å²) in [6.45, 7) is 4.01. The zero-order valence-electron chi connectivity index (χ0n) is 15.1. The van der Waals surface area contributed by atoms with Crippen LogP contribution in [0.25, 0.3) is 10.2 Å². The van der Waals surface area contributed by atoms with Gasteiger partial charge in [0, 0.05) is 7.05 Å². The van der Waals surface area contributed by atoms with E-state index in [-0.39, 0.29) is 17.5 Å². The second-order valence-corrected chi connectivity index (χ2v) is 8.06. The number of nitrogens with one attached hydrogen (secondary N) is 1. The van der Waals surface area contributed by atoms with Gasteiger partial charge in [-0.05, 0) is 42.4 Å². The molecule has 1 N–H and O–H groups in total. The van der Waals surface area contributed by atoms with E-state index in [9.17, 15) is 9.59 Å². The Morgan fingerprint density at radius 1 is 1.35 bits per heavy atom. The monoisotopic (exact) mass is 367 g/mol. The maximum Gasteiger partial charge on any atom is 0.262 e. The van der Waals surface area contributed by atoms with Crippen LogP contribution in [0.3, 0.4) is 0 Å². The van der Waals surface area contributed by atoms with Crippen LogP contribution in [0.1, 0.15) is 45.7 Å². The molecule has 26 heavy (non-hydrogen) atoms. The van der Waals surface area contributed by atoms with Crippen LogP contribution < -0.4 is 10.9 Å². The summed E-state index contributed by atoms with van der Waals surface area (Å²) in [6.07, 6.45) is 3.60. The van der Waals surface area contributed by atoms with E-state index in [1.807, 2.05) is 19.1 Å². The fraction of sp³-hybridized carbons (Fsp3) is 0.350. The van der Waals surface area contributed by atoms with Crippen molar-refractivity contribution in [1.82, 2.24) is 14.9 Å². The highest BCUT2D eigenvalue weighted by Crippen LogP contribution is 2.35. The topological polar surface area (TPSA) is 64.0 Å². The first-order valence-corrected chi connectivity index (χ1v) is 9.62. The summed E-state index contributed by atoms with van der Waals surface area (Å²) in [6, 6.07) is 8.30. The Balaban J connectivity index is 1.72. The number of carbonyl (C=O) groups is 1. The lowest BCUT2D eigenvalue weighted by atomic mass is 9.80. The number of hydrogen-bond acceptors (Lipinski definition) is 4. The van der Waals surface area contributed by atoms with Crippen molar-refractivity contribution in [2.24, 2.45) is 13.0 Å². The summed E-state index contributed by atoms with van der Waals surface area (Å²) in [5.41, 5.74) is 3.11. The molecule has 6 heteroatoms. The molecular formula is C20H21N3O2S. The lowest BCUT2D eigenvalue weighted by molar-refractivity contribution is 0.0923. The average Bonchev–Trinajstić information content (AvgIpc) is 2.98. The van der Waals surface area contributed by atoms with Crippen LogP contribution in [-0.4, -0.2) is 15.5 Å². The van der Waals surface area contributed by atoms with E-state index in [0.29, 0.717) is 26.6 Å². The van der Waals surface area contributed by atoms with Crippen molar-refractivity contribution in [2.45, 2.75) is 32.7 Å². The van der Waals surface area contributed by atoms with E-state index < -0.39 is 0 Å². The number of nitrogens with zero attached hydrogens (tertiary/aromatic N) is 2. The Kier molecular flexibility index (Phi) is 4.15. The zero-order valence-corrected chi connectivity index (χ0v) is 15.9. The SMILES string of the molecule is Cc1c(C(=O)N[C@@H]2c3ccccc3CC[C@@H]2C)sc2ncn(C)c(=O)c12. The highest BCUT2D eigenvalue weighted by Gasteiger charge is 2.29. The summed E-state index contributed by atoms with van der Waals surface area (Å²) < 4.78 is 1.45. The first-order chi connectivity index (χ1) is 12.5. The van der Waals surface area contributed by atoms with Gasteiger partial charge in [0.15, 0.2) is 0 Å². The van der Waals surface area contributed by atoms with Crippen molar-refractivity contribution in [3.63, 3.8) is 0 Å². The summed E-state index contributed by atoms with van der Waals surface area (Å²) in [5.74, 6) is 0.246. The van der Waals surface area contributed by atoms with Gasteiger partial charge in [0.25, 0.3) is 11.5 Å². The second kappa shape index (κ2) is 6.36. The summed E-state index contributed by atoms with van der Waals surface area (Å²) in [5, 5.41) is 3.76. The molecule has 3 aromatic rings. The Hall–Kier alpha value is -2.47. The molecule has 2 aromatic heterocycles. The Labute approximate surface area is 155 Å². The third kappa shape index (κ3) is 2.65. The van der Waals surface area contributed by atoms with E-state index in [1.165, 1.54) is 33.4 Å². The van der Waals surface area contributed by atoms with Crippen molar-refractivity contribution in [1.29, 1.82) is 0 Å². The molecule has 0 bridgehead atoms. The number of aromatic nitrogens is 2. The van der Waals surface area contributed by atoms with Crippen LogP contribution in [0.4, 0.5) is 0 Å². The number of hydrogen-bond donors (Lipinski definition) is 1. The molecule has 134 valence electrons. The highest BCUT2D eigenvalue weighted by atomic mass is 32.1. The smallest absolute Gasteiger partial charge is 0.262 e. The summed E-state index contributed by atoms with van der Waals surface area (Å²) >= 11 is 1.29. The Morgan fingerprint density at radius 2 is 2.12 bits per heavy atom. The van der Waals surface area contributed by atoms with Crippen molar-refractivity contribution in [3.8, 4) is 0 Å². The molecule has 2 heterocycles. The quantitative estimate of drug-likeness (QED) is 0.755. The standard InChI is InChI=1S/C20H21N3O2S/c1-11-8-9-13-6-4-5-7-14(13)16(11)22-18(24)17-12(2)15-19(26-17)21-10-23(3)20(15)25/h4-7,10-11,16H,8-9H2,1-3H3,(H,22,24)/t11-,16-/m0/s1. The molecule has 0 saturated carbocycles. The maximum atomic E-state index is 13.0. The fourth-order valence-electron chi connectivity index (χ4n) is 3.77. The number of benzene rings is 1. The van der Waals surface area contributed by atoms with E-state index in [2.05, 4.69) is 29.4 Å². The van der Waals surface area contributed by atoms with E-state index in [4.69, 9.17) is 0 Å². The number of fused-ring (bicyclic) bond motifs is 2. The summed E-state index contributed by atoms with van der Waals surface area (Å²) in [4.78, 5) is 30.9. The number of thiophene rings is 1. The lowest BCUT2D eigenvalue weighted by Crippen LogP contribution is -2.35. The first kappa shape index (κ1) is 17.0. The number of amides is 1. The minimum absolute atomic E-state index is 0.00662. The number of rotatable bonds is 2. The van der Waals surface area contributed by atoms with Crippen molar-refractivity contribution >= 4 is 27.5 Å². The van der Waals surface area contributed by atoms with Crippen LogP contribution in [0.5, 0.6) is 0 Å². The number of aryl methyl sites for hydroxylation is 3. The van der Waals surface area contributed by atoms with Gasteiger partial charge in [-0.15, -0.1) is 11.3 Å². The van der Waals surface area contributed by atoms with Crippen molar-refractivity contribution in [3.05, 3.63) is 62.5 Å². The molecule has 0 unspecified atom stereocenters. The van der Waals surface area contributed by atoms with Crippen molar-refractivity contribution < 1.29 is 4.79 Å². The third-order valence-electron chi connectivity index (χ3n) is 5.33. The molecule has 1 aromatic carbocycles. The van der Waals surface area contributed by atoms with Gasteiger partial charge in [0.05, 0.1) is 22.6 Å². The minimum atomic E-state index is -0.124. The van der Waals surface area contributed by atoms with Gasteiger partial charge in [-0.25, -0.2) is 4.98 Å². The van der Waals surface area contributed by atoms with Gasteiger partial charge in [0.1, 0.15) is 4.83 Å². The normalized spacial score (nSPS) is 19.3. The molecule has 0 radical (unpaired) electrons. The Morgan fingerprint density at radius 3 is 2.92 bits per heavy atom. The van der Waals surface area contributed by atoms with Crippen LogP contribution in [0, 0.1) is 12.8 Å². The van der Waals surface area contributed by atoms with Gasteiger partial charge in [-0.1, -0.05) is 31.2 Å². The van der Waals surface area contributed by atoms with Gasteiger partial charge in [0.2, 0.25) is 0 Å². The molecule has 1 aliphatic rings. The summed E-state index contributed by atoms with van der Waals surface area (Å²) in [7, 11) is 1.67. The third-order valence-corrected chi connectivity index (χ3v) is 6.53. The van der Waals surface area contributed by atoms with Crippen LogP contribution in [-0.2, 0) is 13.5 Å². The average molecular weight is 367 g/mol. The number of carbonyl (C=O) groups excluding carboxylic acids is 1. The molecule has 1 amide bonds. The van der Waals surface area contributed by atoms with Gasteiger partial charge in [-0.2, -0.15) is 0 Å². The predicted molar refractivity (Wildman–Crippen MR) is 104 cm³/mol. The minimum Gasteiger partial charge on any atom is -0.344 e. The van der Waals surface area contributed by atoms with Gasteiger partial charge < -0.3 is 9.88 Å². The predicted octanol–water partition coefficient (Wildman–Crippen LogP) is 3.36. The van der Waals surface area contributed by atoms with Gasteiger partial charge in [-0.3, -0.25) is 9.59 Å². The highest BCUT2D eigenvalue weighted by molar-refractivity contribution is 7.20. The van der Waals surface area contributed by atoms with Crippen LogP contribution in [0.2, 0.25) is 0 Å². The van der Waals surface area contributed by atoms with Crippen molar-refractivity contribution in [2.75, 3.05) is 0 Å². The van der Waals surface area contributed by atoms with Crippen LogP contribution >= 0.6 is 11.3 Å².